The maximum Gasteiger partial charge on any atom is 0.315 e. The van der Waals surface area contributed by atoms with Crippen LogP contribution >= 0.6 is 0 Å². The van der Waals surface area contributed by atoms with Crippen molar-refractivity contribution in [3.63, 3.8) is 0 Å². The summed E-state index contributed by atoms with van der Waals surface area (Å²) in [4.78, 5) is 12.0. The highest BCUT2D eigenvalue weighted by Crippen LogP contribution is 2.15. The first kappa shape index (κ1) is 15.8. The van der Waals surface area contributed by atoms with Crippen molar-refractivity contribution in [1.29, 1.82) is 0 Å². The largest absolute Gasteiger partial charge is 0.394 e. The first-order valence-corrected chi connectivity index (χ1v) is 7.52. The molecule has 116 valence electrons. The molecular weight excluding hydrogens is 268 g/mol. The molecule has 0 saturated carbocycles. The number of aliphatic hydroxyl groups excluding tert-OH is 1. The Balaban J connectivity index is 1.79. The molecule has 5 heteroatoms. The Labute approximate surface area is 125 Å². The van der Waals surface area contributed by atoms with Crippen molar-refractivity contribution in [1.82, 2.24) is 10.6 Å². The molecule has 1 fully saturated rings. The summed E-state index contributed by atoms with van der Waals surface area (Å²) >= 11 is 0. The van der Waals surface area contributed by atoms with Crippen LogP contribution in [0.5, 0.6) is 0 Å². The number of aliphatic hydroxyl groups is 1. The lowest BCUT2D eigenvalue weighted by molar-refractivity contribution is 0.0856. The monoisotopic (exact) mass is 292 g/mol. The Kier molecular flexibility index (Phi) is 6.02. The molecule has 0 spiro atoms. The number of carbonyl (C=O) groups is 1. The molecule has 1 aromatic rings. The van der Waals surface area contributed by atoms with Crippen LogP contribution in [0.15, 0.2) is 30.3 Å². The van der Waals surface area contributed by atoms with Crippen LogP contribution in [0.4, 0.5) is 4.79 Å². The topological polar surface area (TPSA) is 70.6 Å². The van der Waals surface area contributed by atoms with E-state index in [1.807, 2.05) is 37.3 Å². The SMILES string of the molecule is C[C@@H](NC(=O)N[C@H](CO)Cc1ccccc1)[C@H]1CCCO1. The molecular formula is C16H24N2O3. The summed E-state index contributed by atoms with van der Waals surface area (Å²) in [5.41, 5.74) is 1.09. The van der Waals surface area contributed by atoms with Crippen molar-refractivity contribution < 1.29 is 14.6 Å². The van der Waals surface area contributed by atoms with Crippen LogP contribution in [0.3, 0.4) is 0 Å². The minimum atomic E-state index is -0.288. The predicted molar refractivity (Wildman–Crippen MR) is 81.1 cm³/mol. The fourth-order valence-electron chi connectivity index (χ4n) is 2.58. The van der Waals surface area contributed by atoms with Crippen molar-refractivity contribution in [3.05, 3.63) is 35.9 Å². The van der Waals surface area contributed by atoms with E-state index >= 15 is 0 Å². The molecule has 3 atom stereocenters. The lowest BCUT2D eigenvalue weighted by Gasteiger charge is -2.22. The molecule has 2 rings (SSSR count). The Hall–Kier alpha value is -1.59. The van der Waals surface area contributed by atoms with Gasteiger partial charge in [-0.1, -0.05) is 30.3 Å². The van der Waals surface area contributed by atoms with Crippen LogP contribution in [0.2, 0.25) is 0 Å². The van der Waals surface area contributed by atoms with Crippen LogP contribution in [-0.2, 0) is 11.2 Å². The van der Waals surface area contributed by atoms with Crippen molar-refractivity contribution in [2.45, 2.75) is 44.4 Å². The third kappa shape index (κ3) is 5.02. The van der Waals surface area contributed by atoms with E-state index in [1.165, 1.54) is 0 Å². The Morgan fingerprint density at radius 1 is 1.38 bits per heavy atom. The average Bonchev–Trinajstić information content (AvgIpc) is 3.02. The van der Waals surface area contributed by atoms with Crippen molar-refractivity contribution in [3.8, 4) is 0 Å². The summed E-state index contributed by atoms with van der Waals surface area (Å²) in [6.07, 6.45) is 2.73. The van der Waals surface area contributed by atoms with E-state index in [9.17, 15) is 9.90 Å². The molecule has 2 amide bonds. The van der Waals surface area contributed by atoms with Gasteiger partial charge in [0.25, 0.3) is 0 Å². The highest BCUT2D eigenvalue weighted by molar-refractivity contribution is 5.74. The second-order valence-electron chi connectivity index (χ2n) is 5.53. The van der Waals surface area contributed by atoms with E-state index in [4.69, 9.17) is 4.74 Å². The summed E-state index contributed by atoms with van der Waals surface area (Å²) in [5.74, 6) is 0. The number of carbonyl (C=O) groups excluding carboxylic acids is 1. The number of urea groups is 1. The van der Waals surface area contributed by atoms with Crippen molar-refractivity contribution in [2.75, 3.05) is 13.2 Å². The van der Waals surface area contributed by atoms with Gasteiger partial charge in [-0.3, -0.25) is 0 Å². The minimum Gasteiger partial charge on any atom is -0.394 e. The molecule has 1 aliphatic rings. The Morgan fingerprint density at radius 3 is 2.76 bits per heavy atom. The van der Waals surface area contributed by atoms with Crippen LogP contribution in [0, 0.1) is 0 Å². The van der Waals surface area contributed by atoms with Gasteiger partial charge in [0.1, 0.15) is 0 Å². The zero-order valence-corrected chi connectivity index (χ0v) is 12.4. The van der Waals surface area contributed by atoms with E-state index in [-0.39, 0.29) is 30.8 Å². The molecule has 1 aromatic carbocycles. The average molecular weight is 292 g/mol. The van der Waals surface area contributed by atoms with Crippen LogP contribution in [0.25, 0.3) is 0 Å². The van der Waals surface area contributed by atoms with Gasteiger partial charge in [-0.15, -0.1) is 0 Å². The minimum absolute atomic E-state index is 0.0245. The molecule has 21 heavy (non-hydrogen) atoms. The molecule has 1 aliphatic heterocycles. The van der Waals surface area contributed by atoms with E-state index in [1.54, 1.807) is 0 Å². The maximum atomic E-state index is 12.0. The van der Waals surface area contributed by atoms with Crippen molar-refractivity contribution in [2.24, 2.45) is 0 Å². The summed E-state index contributed by atoms with van der Waals surface area (Å²) in [6.45, 7) is 2.63. The summed E-state index contributed by atoms with van der Waals surface area (Å²) in [7, 11) is 0. The summed E-state index contributed by atoms with van der Waals surface area (Å²) in [6, 6.07) is 9.24. The third-order valence-electron chi connectivity index (χ3n) is 3.76. The number of amides is 2. The zero-order valence-electron chi connectivity index (χ0n) is 12.4. The second-order valence-corrected chi connectivity index (χ2v) is 5.53. The van der Waals surface area contributed by atoms with Gasteiger partial charge in [-0.25, -0.2) is 4.79 Å². The maximum absolute atomic E-state index is 12.0. The van der Waals surface area contributed by atoms with E-state index in [0.29, 0.717) is 6.42 Å². The van der Waals surface area contributed by atoms with Gasteiger partial charge < -0.3 is 20.5 Å². The Morgan fingerprint density at radius 2 is 2.14 bits per heavy atom. The van der Waals surface area contributed by atoms with Gasteiger partial charge in [0.05, 0.1) is 24.8 Å². The Bertz CT molecular complexity index is 432. The van der Waals surface area contributed by atoms with E-state index in [2.05, 4.69) is 10.6 Å². The van der Waals surface area contributed by atoms with Crippen LogP contribution in [0.1, 0.15) is 25.3 Å². The molecule has 0 radical (unpaired) electrons. The molecule has 1 heterocycles. The smallest absolute Gasteiger partial charge is 0.315 e. The molecule has 0 bridgehead atoms. The van der Waals surface area contributed by atoms with E-state index < -0.39 is 0 Å². The number of nitrogens with one attached hydrogen (secondary N) is 2. The van der Waals surface area contributed by atoms with Gasteiger partial charge in [0.2, 0.25) is 0 Å². The molecule has 3 N–H and O–H groups in total. The quantitative estimate of drug-likeness (QED) is 0.743. The molecule has 1 saturated heterocycles. The van der Waals surface area contributed by atoms with Crippen LogP contribution < -0.4 is 10.6 Å². The lowest BCUT2D eigenvalue weighted by atomic mass is 10.1. The van der Waals surface area contributed by atoms with E-state index in [0.717, 1.165) is 25.0 Å². The van der Waals surface area contributed by atoms with Gasteiger partial charge in [0.15, 0.2) is 0 Å². The first-order valence-electron chi connectivity index (χ1n) is 7.52. The standard InChI is InChI=1S/C16H24N2O3/c1-12(15-8-5-9-21-15)17-16(20)18-14(11-19)10-13-6-3-2-4-7-13/h2-4,6-7,12,14-15,19H,5,8-11H2,1H3,(H2,17,18,20)/t12-,14+,15-/m1/s1. The number of rotatable bonds is 6. The van der Waals surface area contributed by atoms with Gasteiger partial charge >= 0.3 is 6.03 Å². The number of benzene rings is 1. The number of hydrogen-bond acceptors (Lipinski definition) is 3. The molecule has 5 nitrogen and oxygen atoms in total. The number of ether oxygens (including phenoxy) is 1. The zero-order chi connectivity index (χ0) is 15.1. The second kappa shape index (κ2) is 8.00. The first-order chi connectivity index (χ1) is 10.2. The van der Waals surface area contributed by atoms with Crippen molar-refractivity contribution >= 4 is 6.03 Å². The summed E-state index contributed by atoms with van der Waals surface area (Å²) in [5, 5.41) is 15.1. The van der Waals surface area contributed by atoms with Crippen LogP contribution in [-0.4, -0.2) is 42.5 Å². The molecule has 0 aromatic heterocycles. The highest BCUT2D eigenvalue weighted by Gasteiger charge is 2.24. The fraction of sp³-hybridized carbons (Fsp3) is 0.562. The highest BCUT2D eigenvalue weighted by atomic mass is 16.5. The molecule has 0 unspecified atom stereocenters. The fourth-order valence-corrected chi connectivity index (χ4v) is 2.58. The third-order valence-corrected chi connectivity index (χ3v) is 3.76. The predicted octanol–water partition coefficient (Wildman–Crippen LogP) is 1.46. The lowest BCUT2D eigenvalue weighted by Crippen LogP contribution is -2.50. The number of hydrogen-bond donors (Lipinski definition) is 3. The molecule has 0 aliphatic carbocycles. The summed E-state index contributed by atoms with van der Waals surface area (Å²) < 4.78 is 5.55. The van der Waals surface area contributed by atoms with Gasteiger partial charge in [0, 0.05) is 6.61 Å². The van der Waals surface area contributed by atoms with Gasteiger partial charge in [-0.05, 0) is 31.7 Å². The normalized spacial score (nSPS) is 20.8. The van der Waals surface area contributed by atoms with Gasteiger partial charge in [-0.2, -0.15) is 0 Å².